The molecular formula is C7H12O6S2. The van der Waals surface area contributed by atoms with Crippen molar-refractivity contribution in [3.63, 3.8) is 0 Å². The van der Waals surface area contributed by atoms with Crippen LogP contribution in [0.1, 0.15) is 6.42 Å². The SMILES string of the molecule is C=CC(CC(C=C)S(=O)(=O)O)S(=O)(=O)O. The number of hydrogen-bond acceptors (Lipinski definition) is 4. The van der Waals surface area contributed by atoms with Crippen molar-refractivity contribution in [2.45, 2.75) is 16.9 Å². The molecule has 0 heterocycles. The summed E-state index contributed by atoms with van der Waals surface area (Å²) in [5.41, 5.74) is 0. The normalized spacial score (nSPS) is 16.7. The van der Waals surface area contributed by atoms with E-state index in [1.165, 1.54) is 0 Å². The highest BCUT2D eigenvalue weighted by atomic mass is 32.2. The molecule has 8 heteroatoms. The number of rotatable bonds is 6. The van der Waals surface area contributed by atoms with Crippen molar-refractivity contribution in [3.05, 3.63) is 25.3 Å². The van der Waals surface area contributed by atoms with Gasteiger partial charge in [-0.15, -0.1) is 13.2 Å². The van der Waals surface area contributed by atoms with E-state index in [9.17, 15) is 16.8 Å². The van der Waals surface area contributed by atoms with Crippen molar-refractivity contribution in [2.75, 3.05) is 0 Å². The fraction of sp³-hybridized carbons (Fsp3) is 0.429. The standard InChI is InChI=1S/C7H12O6S2/c1-3-6(14(8,9)10)5-7(4-2)15(11,12)13/h3-4,6-7H,1-2,5H2,(H,8,9,10)(H,11,12,13). The Balaban J connectivity index is 4.99. The topological polar surface area (TPSA) is 109 Å². The predicted molar refractivity (Wildman–Crippen MR) is 55.7 cm³/mol. The summed E-state index contributed by atoms with van der Waals surface area (Å²) in [6, 6.07) is 0. The third kappa shape index (κ3) is 4.56. The molecule has 2 N–H and O–H groups in total. The predicted octanol–water partition coefficient (Wildman–Crippen LogP) is 0.261. The minimum absolute atomic E-state index is 0.523. The molecule has 15 heavy (non-hydrogen) atoms. The lowest BCUT2D eigenvalue weighted by Gasteiger charge is -2.13. The van der Waals surface area contributed by atoms with E-state index in [4.69, 9.17) is 9.11 Å². The summed E-state index contributed by atoms with van der Waals surface area (Å²) in [5, 5.41) is -2.91. The third-order valence-corrected chi connectivity index (χ3v) is 4.06. The molecule has 0 aromatic carbocycles. The van der Waals surface area contributed by atoms with E-state index < -0.39 is 37.2 Å². The van der Waals surface area contributed by atoms with Gasteiger partial charge in [-0.05, 0) is 6.42 Å². The van der Waals surface area contributed by atoms with Gasteiger partial charge in [-0.1, -0.05) is 12.2 Å². The molecule has 0 amide bonds. The van der Waals surface area contributed by atoms with E-state index in [2.05, 4.69) is 13.2 Å². The molecule has 0 rings (SSSR count). The van der Waals surface area contributed by atoms with E-state index in [0.29, 0.717) is 0 Å². The monoisotopic (exact) mass is 256 g/mol. The largest absolute Gasteiger partial charge is 0.285 e. The van der Waals surface area contributed by atoms with Crippen molar-refractivity contribution in [1.82, 2.24) is 0 Å². The molecule has 2 atom stereocenters. The molecule has 0 aromatic rings. The van der Waals surface area contributed by atoms with Gasteiger partial charge in [0.1, 0.15) is 10.5 Å². The van der Waals surface area contributed by atoms with Crippen LogP contribution in [0.2, 0.25) is 0 Å². The molecule has 0 aromatic heterocycles. The molecule has 2 unspecified atom stereocenters. The van der Waals surface area contributed by atoms with Gasteiger partial charge in [-0.3, -0.25) is 9.11 Å². The van der Waals surface area contributed by atoms with Crippen molar-refractivity contribution < 1.29 is 25.9 Å². The molecule has 0 aliphatic carbocycles. The molecule has 0 radical (unpaired) electrons. The summed E-state index contributed by atoms with van der Waals surface area (Å²) in [6.45, 7) is 6.29. The Kier molecular flexibility index (Phi) is 4.65. The molecular weight excluding hydrogens is 244 g/mol. The lowest BCUT2D eigenvalue weighted by Crippen LogP contribution is -2.28. The van der Waals surface area contributed by atoms with Crippen molar-refractivity contribution in [1.29, 1.82) is 0 Å². The van der Waals surface area contributed by atoms with Gasteiger partial charge in [0.15, 0.2) is 0 Å². The second kappa shape index (κ2) is 4.88. The first-order valence-electron chi connectivity index (χ1n) is 3.80. The van der Waals surface area contributed by atoms with E-state index in [0.717, 1.165) is 12.2 Å². The van der Waals surface area contributed by atoms with E-state index in [1.54, 1.807) is 0 Å². The highest BCUT2D eigenvalue weighted by Gasteiger charge is 2.28. The zero-order valence-electron chi connectivity index (χ0n) is 7.77. The highest BCUT2D eigenvalue weighted by molar-refractivity contribution is 7.87. The van der Waals surface area contributed by atoms with Gasteiger partial charge in [-0.25, -0.2) is 0 Å². The Morgan fingerprint density at radius 3 is 1.33 bits per heavy atom. The Morgan fingerprint density at radius 1 is 0.933 bits per heavy atom. The van der Waals surface area contributed by atoms with Crippen LogP contribution < -0.4 is 0 Å². The lowest BCUT2D eigenvalue weighted by molar-refractivity contribution is 0.462. The summed E-state index contributed by atoms with van der Waals surface area (Å²) in [7, 11) is -8.84. The summed E-state index contributed by atoms with van der Waals surface area (Å²) in [4.78, 5) is 0. The van der Waals surface area contributed by atoms with Crippen LogP contribution >= 0.6 is 0 Å². The van der Waals surface area contributed by atoms with E-state index in [1.807, 2.05) is 0 Å². The van der Waals surface area contributed by atoms with Crippen molar-refractivity contribution in [2.24, 2.45) is 0 Å². The average molecular weight is 256 g/mol. The Morgan fingerprint density at radius 2 is 1.20 bits per heavy atom. The maximum Gasteiger partial charge on any atom is 0.271 e. The van der Waals surface area contributed by atoms with Crippen LogP contribution in [-0.4, -0.2) is 36.4 Å². The minimum Gasteiger partial charge on any atom is -0.285 e. The molecule has 0 aliphatic rings. The first-order valence-corrected chi connectivity index (χ1v) is 6.81. The summed E-state index contributed by atoms with van der Waals surface area (Å²) >= 11 is 0. The maximum absolute atomic E-state index is 10.7. The second-order valence-electron chi connectivity index (χ2n) is 2.81. The zero-order valence-corrected chi connectivity index (χ0v) is 9.41. The fourth-order valence-corrected chi connectivity index (χ4v) is 2.42. The van der Waals surface area contributed by atoms with Gasteiger partial charge < -0.3 is 0 Å². The molecule has 0 spiro atoms. The van der Waals surface area contributed by atoms with Gasteiger partial charge in [0.05, 0.1) is 0 Å². The van der Waals surface area contributed by atoms with E-state index >= 15 is 0 Å². The van der Waals surface area contributed by atoms with Crippen LogP contribution in [-0.2, 0) is 20.2 Å². The maximum atomic E-state index is 10.7. The van der Waals surface area contributed by atoms with Crippen LogP contribution in [0, 0.1) is 0 Å². The van der Waals surface area contributed by atoms with Crippen molar-refractivity contribution in [3.8, 4) is 0 Å². The van der Waals surface area contributed by atoms with Gasteiger partial charge in [-0.2, -0.15) is 16.8 Å². The summed E-state index contributed by atoms with van der Waals surface area (Å²) < 4.78 is 60.2. The average Bonchev–Trinajstić information content (AvgIpc) is 2.01. The summed E-state index contributed by atoms with van der Waals surface area (Å²) in [6.07, 6.45) is 1.25. The van der Waals surface area contributed by atoms with Gasteiger partial charge >= 0.3 is 0 Å². The van der Waals surface area contributed by atoms with Crippen LogP contribution in [0.3, 0.4) is 0 Å². The highest BCUT2D eigenvalue weighted by Crippen LogP contribution is 2.14. The zero-order chi connectivity index (χ0) is 12.3. The molecule has 0 saturated heterocycles. The van der Waals surface area contributed by atoms with Gasteiger partial charge in [0.25, 0.3) is 20.2 Å². The Labute approximate surface area is 88.8 Å². The minimum atomic E-state index is -4.42. The Bertz CT molecular complexity index is 390. The number of hydrogen-bond donors (Lipinski definition) is 2. The first kappa shape index (κ1) is 14.3. The van der Waals surface area contributed by atoms with E-state index in [-0.39, 0.29) is 0 Å². The molecule has 0 saturated carbocycles. The third-order valence-electron chi connectivity index (χ3n) is 1.76. The van der Waals surface area contributed by atoms with Gasteiger partial charge in [0.2, 0.25) is 0 Å². The smallest absolute Gasteiger partial charge is 0.271 e. The molecule has 6 nitrogen and oxygen atoms in total. The van der Waals surface area contributed by atoms with Crippen LogP contribution in [0.5, 0.6) is 0 Å². The quantitative estimate of drug-likeness (QED) is 0.521. The molecule has 88 valence electrons. The lowest BCUT2D eigenvalue weighted by atomic mass is 10.2. The first-order chi connectivity index (χ1) is 6.62. The molecule has 0 aliphatic heterocycles. The van der Waals surface area contributed by atoms with Gasteiger partial charge in [0, 0.05) is 0 Å². The van der Waals surface area contributed by atoms with Crippen LogP contribution in [0.25, 0.3) is 0 Å². The second-order valence-corrected chi connectivity index (χ2v) is 6.08. The van der Waals surface area contributed by atoms with Crippen LogP contribution in [0.4, 0.5) is 0 Å². The van der Waals surface area contributed by atoms with Crippen LogP contribution in [0.15, 0.2) is 25.3 Å². The summed E-state index contributed by atoms with van der Waals surface area (Å²) in [5.74, 6) is 0. The Hall–Kier alpha value is -0.700. The fourth-order valence-electron chi connectivity index (χ4n) is 0.908. The van der Waals surface area contributed by atoms with Crippen molar-refractivity contribution >= 4 is 20.2 Å². The molecule has 0 bridgehead atoms. The molecule has 0 fully saturated rings.